The number of piperidine rings is 1. The van der Waals surface area contributed by atoms with Gasteiger partial charge in [-0.15, -0.1) is 0 Å². The van der Waals surface area contributed by atoms with Gasteiger partial charge in [0.25, 0.3) is 5.69 Å². The third-order valence-corrected chi connectivity index (χ3v) is 5.85. The molecule has 8 heteroatoms. The van der Waals surface area contributed by atoms with Crippen molar-refractivity contribution in [1.82, 2.24) is 9.62 Å². The minimum atomic E-state index is -3.68. The summed E-state index contributed by atoms with van der Waals surface area (Å²) in [5.41, 5.74) is 0.292. The number of nitro groups is 1. The SMILES string of the molecule is CNCC1CCCN(S(=O)(=O)c2ccc(C)c([N+](=O)[O-])c2)C1. The molecule has 0 aromatic heterocycles. The first-order valence-corrected chi connectivity index (χ1v) is 8.70. The second-order valence-corrected chi connectivity index (χ2v) is 7.57. The van der Waals surface area contributed by atoms with Crippen LogP contribution < -0.4 is 5.32 Å². The van der Waals surface area contributed by atoms with Crippen LogP contribution in [0, 0.1) is 23.0 Å². The van der Waals surface area contributed by atoms with E-state index in [9.17, 15) is 18.5 Å². The molecule has 0 spiro atoms. The van der Waals surface area contributed by atoms with Gasteiger partial charge in [-0.3, -0.25) is 10.1 Å². The molecule has 0 aliphatic carbocycles. The number of sulfonamides is 1. The van der Waals surface area contributed by atoms with Crippen LogP contribution in [0.3, 0.4) is 0 Å². The number of aryl methyl sites for hydroxylation is 1. The molecule has 1 saturated heterocycles. The Morgan fingerprint density at radius 2 is 2.18 bits per heavy atom. The molecule has 1 atom stereocenters. The smallest absolute Gasteiger partial charge is 0.273 e. The minimum Gasteiger partial charge on any atom is -0.319 e. The molecule has 1 aromatic carbocycles. The van der Waals surface area contributed by atoms with Gasteiger partial charge in [-0.2, -0.15) is 4.31 Å². The summed E-state index contributed by atoms with van der Waals surface area (Å²) in [6.45, 7) is 3.27. The van der Waals surface area contributed by atoms with E-state index in [1.165, 1.54) is 16.4 Å². The van der Waals surface area contributed by atoms with Gasteiger partial charge in [-0.25, -0.2) is 8.42 Å². The number of nitro benzene ring substituents is 1. The van der Waals surface area contributed by atoms with E-state index in [2.05, 4.69) is 5.32 Å². The molecular weight excluding hydrogens is 306 g/mol. The summed E-state index contributed by atoms with van der Waals surface area (Å²) in [6, 6.07) is 4.09. The highest BCUT2D eigenvalue weighted by molar-refractivity contribution is 7.89. The van der Waals surface area contributed by atoms with Crippen LogP contribution in [0.2, 0.25) is 0 Å². The number of rotatable bonds is 5. The van der Waals surface area contributed by atoms with E-state index in [1.54, 1.807) is 6.92 Å². The Kier molecular flexibility index (Phi) is 5.15. The van der Waals surface area contributed by atoms with E-state index in [4.69, 9.17) is 0 Å². The molecule has 1 unspecified atom stereocenters. The normalized spacial score (nSPS) is 20.0. The number of hydrogen-bond acceptors (Lipinski definition) is 5. The zero-order valence-electron chi connectivity index (χ0n) is 12.8. The van der Waals surface area contributed by atoms with Crippen molar-refractivity contribution in [1.29, 1.82) is 0 Å². The number of nitrogens with zero attached hydrogens (tertiary/aromatic N) is 2. The first kappa shape index (κ1) is 16.9. The quantitative estimate of drug-likeness (QED) is 0.654. The van der Waals surface area contributed by atoms with Gasteiger partial charge >= 0.3 is 0 Å². The van der Waals surface area contributed by atoms with Crippen LogP contribution in [-0.2, 0) is 10.0 Å². The fourth-order valence-electron chi connectivity index (χ4n) is 2.80. The second kappa shape index (κ2) is 6.72. The van der Waals surface area contributed by atoms with Gasteiger partial charge in [-0.05, 0) is 45.3 Å². The number of benzene rings is 1. The predicted molar refractivity (Wildman–Crippen MR) is 83.2 cm³/mol. The van der Waals surface area contributed by atoms with Gasteiger partial charge in [0.05, 0.1) is 9.82 Å². The summed E-state index contributed by atoms with van der Waals surface area (Å²) < 4.78 is 26.8. The van der Waals surface area contributed by atoms with Crippen LogP contribution in [0.25, 0.3) is 0 Å². The zero-order chi connectivity index (χ0) is 16.3. The molecule has 1 heterocycles. The first-order valence-electron chi connectivity index (χ1n) is 7.26. The highest BCUT2D eigenvalue weighted by Gasteiger charge is 2.31. The molecule has 1 N–H and O–H groups in total. The standard InChI is InChI=1S/C14H21N3O4S/c1-11-5-6-13(8-14(11)17(18)19)22(20,21)16-7-3-4-12(10-16)9-15-2/h5-6,8,12,15H,3-4,7,9-10H2,1-2H3. The van der Waals surface area contributed by atoms with Crippen molar-refractivity contribution >= 4 is 15.7 Å². The topological polar surface area (TPSA) is 92.6 Å². The van der Waals surface area contributed by atoms with Crippen molar-refractivity contribution in [3.8, 4) is 0 Å². The lowest BCUT2D eigenvalue weighted by Gasteiger charge is -2.31. The fraction of sp³-hybridized carbons (Fsp3) is 0.571. The number of hydrogen-bond donors (Lipinski definition) is 1. The van der Waals surface area contributed by atoms with Gasteiger partial charge in [0.2, 0.25) is 10.0 Å². The third kappa shape index (κ3) is 3.45. The molecule has 0 radical (unpaired) electrons. The van der Waals surface area contributed by atoms with E-state index >= 15 is 0 Å². The molecule has 7 nitrogen and oxygen atoms in total. The van der Waals surface area contributed by atoms with Crippen LogP contribution >= 0.6 is 0 Å². The molecule has 1 aliphatic rings. The molecule has 122 valence electrons. The second-order valence-electron chi connectivity index (χ2n) is 5.63. The maximum absolute atomic E-state index is 12.7. The lowest BCUT2D eigenvalue weighted by atomic mass is 10.00. The van der Waals surface area contributed by atoms with Gasteiger partial charge in [0.15, 0.2) is 0 Å². The Labute approximate surface area is 130 Å². The Morgan fingerprint density at radius 3 is 2.82 bits per heavy atom. The summed E-state index contributed by atoms with van der Waals surface area (Å²) in [5.74, 6) is 0.272. The van der Waals surface area contributed by atoms with Crippen molar-refractivity contribution in [2.75, 3.05) is 26.7 Å². The molecule has 0 amide bonds. The highest BCUT2D eigenvalue weighted by atomic mass is 32.2. The predicted octanol–water partition coefficient (Wildman–Crippen LogP) is 1.52. The molecule has 22 heavy (non-hydrogen) atoms. The van der Waals surface area contributed by atoms with Crippen molar-refractivity contribution in [2.45, 2.75) is 24.7 Å². The van der Waals surface area contributed by atoms with E-state index in [-0.39, 0.29) is 16.5 Å². The summed E-state index contributed by atoms with van der Waals surface area (Å²) in [5, 5.41) is 14.1. The first-order chi connectivity index (χ1) is 10.4. The average Bonchev–Trinajstić information content (AvgIpc) is 2.48. The van der Waals surface area contributed by atoms with E-state index in [1.807, 2.05) is 7.05 Å². The Hall–Kier alpha value is -1.51. The van der Waals surface area contributed by atoms with E-state index < -0.39 is 14.9 Å². The largest absolute Gasteiger partial charge is 0.319 e. The van der Waals surface area contributed by atoms with Crippen molar-refractivity contribution in [3.05, 3.63) is 33.9 Å². The third-order valence-electron chi connectivity index (χ3n) is 3.99. The Balaban J connectivity index is 2.30. The van der Waals surface area contributed by atoms with Crippen LogP contribution in [0.15, 0.2) is 23.1 Å². The molecule has 0 bridgehead atoms. The minimum absolute atomic E-state index is 0.00472. The molecule has 2 rings (SSSR count). The summed E-state index contributed by atoms with van der Waals surface area (Å²) in [6.07, 6.45) is 1.79. The average molecular weight is 327 g/mol. The summed E-state index contributed by atoms with van der Waals surface area (Å²) in [7, 11) is -1.84. The zero-order valence-corrected chi connectivity index (χ0v) is 13.6. The highest BCUT2D eigenvalue weighted by Crippen LogP contribution is 2.27. The Bertz CT molecular complexity index is 658. The summed E-state index contributed by atoms with van der Waals surface area (Å²) >= 11 is 0. The van der Waals surface area contributed by atoms with Crippen LogP contribution in [0.1, 0.15) is 18.4 Å². The lowest BCUT2D eigenvalue weighted by Crippen LogP contribution is -2.42. The van der Waals surface area contributed by atoms with Crippen molar-refractivity contribution in [2.24, 2.45) is 5.92 Å². The van der Waals surface area contributed by atoms with Gasteiger partial charge in [0, 0.05) is 24.7 Å². The maximum Gasteiger partial charge on any atom is 0.273 e. The maximum atomic E-state index is 12.7. The fourth-order valence-corrected chi connectivity index (χ4v) is 4.37. The van der Waals surface area contributed by atoms with Crippen LogP contribution in [-0.4, -0.2) is 44.3 Å². The van der Waals surface area contributed by atoms with Crippen LogP contribution in [0.5, 0.6) is 0 Å². The number of nitrogens with one attached hydrogen (secondary N) is 1. The monoisotopic (exact) mass is 327 g/mol. The molecular formula is C14H21N3O4S. The molecule has 1 aromatic rings. The van der Waals surface area contributed by atoms with Gasteiger partial charge in [-0.1, -0.05) is 6.07 Å². The van der Waals surface area contributed by atoms with Crippen molar-refractivity contribution in [3.63, 3.8) is 0 Å². The Morgan fingerprint density at radius 1 is 1.45 bits per heavy atom. The molecule has 1 fully saturated rings. The molecule has 0 saturated carbocycles. The van der Waals surface area contributed by atoms with Gasteiger partial charge < -0.3 is 5.32 Å². The van der Waals surface area contributed by atoms with Gasteiger partial charge in [0.1, 0.15) is 0 Å². The van der Waals surface area contributed by atoms with Crippen LogP contribution in [0.4, 0.5) is 5.69 Å². The summed E-state index contributed by atoms with van der Waals surface area (Å²) in [4.78, 5) is 10.5. The lowest BCUT2D eigenvalue weighted by molar-refractivity contribution is -0.385. The molecule has 1 aliphatic heterocycles. The van der Waals surface area contributed by atoms with Crippen molar-refractivity contribution < 1.29 is 13.3 Å². The van der Waals surface area contributed by atoms with E-state index in [0.29, 0.717) is 18.7 Å². The van der Waals surface area contributed by atoms with E-state index in [0.717, 1.165) is 25.5 Å².